The molecule has 1 rings (SSSR count). The van der Waals surface area contributed by atoms with Crippen molar-refractivity contribution in [2.75, 3.05) is 6.61 Å². The fourth-order valence-electron chi connectivity index (χ4n) is 1.23. The van der Waals surface area contributed by atoms with E-state index in [2.05, 4.69) is 0 Å². The van der Waals surface area contributed by atoms with Crippen LogP contribution in [0.3, 0.4) is 0 Å². The highest BCUT2D eigenvalue weighted by Gasteiger charge is 2.28. The average Bonchev–Trinajstić information content (AvgIpc) is 2.47. The molecule has 0 fully saturated rings. The number of hydrogen-bond donors (Lipinski definition) is 0. The quantitative estimate of drug-likeness (QED) is 0.519. The topological polar surface area (TPSA) is 52.6 Å². The van der Waals surface area contributed by atoms with Crippen molar-refractivity contribution in [2.24, 2.45) is 0 Å². The smallest absolute Gasteiger partial charge is 0.331 e. The number of cyclic esters (lactones) is 1. The highest BCUT2D eigenvalue weighted by molar-refractivity contribution is 5.85. The molecule has 4 heteroatoms. The lowest BCUT2D eigenvalue weighted by Gasteiger charge is -2.18. The molecule has 82 valence electrons. The van der Waals surface area contributed by atoms with Crippen LogP contribution in [0.2, 0.25) is 0 Å². The van der Waals surface area contributed by atoms with Crippen LogP contribution in [0.1, 0.15) is 20.3 Å². The predicted octanol–water partition coefficient (Wildman–Crippen LogP) is 1.37. The fraction of sp³-hybridized carbons (Fsp3) is 0.455. The molecule has 0 amide bonds. The highest BCUT2D eigenvalue weighted by Crippen LogP contribution is 2.23. The van der Waals surface area contributed by atoms with E-state index in [4.69, 9.17) is 9.47 Å². The summed E-state index contributed by atoms with van der Waals surface area (Å²) in [6.45, 7) is 3.88. The molecule has 0 radical (unpaired) electrons. The number of hydrogen-bond acceptors (Lipinski definition) is 4. The van der Waals surface area contributed by atoms with Crippen LogP contribution in [0.25, 0.3) is 0 Å². The summed E-state index contributed by atoms with van der Waals surface area (Å²) in [5, 5.41) is 0. The molecule has 0 saturated heterocycles. The Labute approximate surface area is 88.6 Å². The van der Waals surface area contributed by atoms with Gasteiger partial charge in [-0.25, -0.2) is 9.59 Å². The summed E-state index contributed by atoms with van der Waals surface area (Å²) in [5.74, 6) is -0.726. The standard InChI is InChI=1S/C11H14O4/c1-3-14-9(12)5-4-7-11(2)8-6-10(13)15-11/h4-6,8H,3,7H2,1-2H3/b5-4+/t11-/m0/s1. The van der Waals surface area contributed by atoms with Gasteiger partial charge in [-0.3, -0.25) is 0 Å². The van der Waals surface area contributed by atoms with Gasteiger partial charge < -0.3 is 9.47 Å². The Kier molecular flexibility index (Phi) is 3.66. The van der Waals surface area contributed by atoms with Crippen LogP contribution in [0.5, 0.6) is 0 Å². The van der Waals surface area contributed by atoms with Gasteiger partial charge in [0.05, 0.1) is 6.61 Å². The van der Waals surface area contributed by atoms with Crippen molar-refractivity contribution in [3.05, 3.63) is 24.3 Å². The van der Waals surface area contributed by atoms with Crippen molar-refractivity contribution in [1.82, 2.24) is 0 Å². The van der Waals surface area contributed by atoms with Crippen molar-refractivity contribution < 1.29 is 19.1 Å². The van der Waals surface area contributed by atoms with Crippen LogP contribution in [-0.2, 0) is 19.1 Å². The minimum atomic E-state index is -0.625. The molecule has 0 N–H and O–H groups in total. The van der Waals surface area contributed by atoms with E-state index in [-0.39, 0.29) is 11.9 Å². The van der Waals surface area contributed by atoms with Crippen LogP contribution in [-0.4, -0.2) is 24.1 Å². The third-order valence-corrected chi connectivity index (χ3v) is 1.97. The zero-order valence-corrected chi connectivity index (χ0v) is 8.86. The van der Waals surface area contributed by atoms with Gasteiger partial charge in [0.2, 0.25) is 0 Å². The fourth-order valence-corrected chi connectivity index (χ4v) is 1.23. The summed E-state index contributed by atoms with van der Waals surface area (Å²) in [5.41, 5.74) is -0.625. The van der Waals surface area contributed by atoms with Gasteiger partial charge in [0, 0.05) is 18.6 Å². The summed E-state index contributed by atoms with van der Waals surface area (Å²) < 4.78 is 9.75. The predicted molar refractivity (Wildman–Crippen MR) is 54.0 cm³/mol. The first-order chi connectivity index (χ1) is 7.06. The largest absolute Gasteiger partial charge is 0.463 e. The van der Waals surface area contributed by atoms with Crippen molar-refractivity contribution in [1.29, 1.82) is 0 Å². The van der Waals surface area contributed by atoms with Gasteiger partial charge in [-0.15, -0.1) is 0 Å². The molecule has 0 unspecified atom stereocenters. The molecule has 1 aliphatic heterocycles. The Morgan fingerprint density at radius 3 is 2.93 bits per heavy atom. The summed E-state index contributed by atoms with van der Waals surface area (Å²) in [4.78, 5) is 21.8. The summed E-state index contributed by atoms with van der Waals surface area (Å²) in [6, 6.07) is 0. The normalized spacial score (nSPS) is 24.5. The zero-order chi connectivity index (χ0) is 11.3. The van der Waals surface area contributed by atoms with E-state index >= 15 is 0 Å². The van der Waals surface area contributed by atoms with E-state index in [0.29, 0.717) is 13.0 Å². The number of rotatable bonds is 4. The molecule has 0 bridgehead atoms. The van der Waals surface area contributed by atoms with Crippen LogP contribution in [0.15, 0.2) is 24.3 Å². The minimum Gasteiger partial charge on any atom is -0.463 e. The van der Waals surface area contributed by atoms with Crippen LogP contribution in [0, 0.1) is 0 Å². The van der Waals surface area contributed by atoms with Gasteiger partial charge in [-0.05, 0) is 19.9 Å². The Morgan fingerprint density at radius 1 is 1.67 bits per heavy atom. The Bertz CT molecular complexity index is 317. The monoisotopic (exact) mass is 210 g/mol. The zero-order valence-electron chi connectivity index (χ0n) is 8.86. The van der Waals surface area contributed by atoms with E-state index in [1.165, 1.54) is 12.2 Å². The van der Waals surface area contributed by atoms with Gasteiger partial charge >= 0.3 is 11.9 Å². The molecule has 0 spiro atoms. The maximum absolute atomic E-state index is 11.0. The lowest BCUT2D eigenvalue weighted by Crippen LogP contribution is -2.22. The van der Waals surface area contributed by atoms with Crippen LogP contribution >= 0.6 is 0 Å². The molecule has 0 aromatic heterocycles. The van der Waals surface area contributed by atoms with E-state index in [9.17, 15) is 9.59 Å². The Balaban J connectivity index is 2.40. The van der Waals surface area contributed by atoms with Crippen molar-refractivity contribution in [2.45, 2.75) is 25.9 Å². The first-order valence-corrected chi connectivity index (χ1v) is 4.81. The minimum absolute atomic E-state index is 0.345. The van der Waals surface area contributed by atoms with Crippen LogP contribution in [0.4, 0.5) is 0 Å². The third-order valence-electron chi connectivity index (χ3n) is 1.97. The lowest BCUT2D eigenvalue weighted by molar-refractivity contribution is -0.144. The second kappa shape index (κ2) is 4.77. The molecule has 1 aliphatic rings. The Morgan fingerprint density at radius 2 is 2.40 bits per heavy atom. The molecular formula is C11H14O4. The van der Waals surface area contributed by atoms with E-state index in [1.807, 2.05) is 0 Å². The number of esters is 2. The van der Waals surface area contributed by atoms with Gasteiger partial charge in [0.25, 0.3) is 0 Å². The average molecular weight is 210 g/mol. The van der Waals surface area contributed by atoms with E-state index in [1.54, 1.807) is 26.0 Å². The van der Waals surface area contributed by atoms with Gasteiger partial charge in [-0.2, -0.15) is 0 Å². The molecule has 0 aromatic carbocycles. The molecule has 15 heavy (non-hydrogen) atoms. The van der Waals surface area contributed by atoms with Crippen molar-refractivity contribution in [3.8, 4) is 0 Å². The van der Waals surface area contributed by atoms with Gasteiger partial charge in [0.1, 0.15) is 5.60 Å². The van der Waals surface area contributed by atoms with Crippen molar-refractivity contribution >= 4 is 11.9 Å². The number of carbonyl (C=O) groups excluding carboxylic acids is 2. The van der Waals surface area contributed by atoms with E-state index < -0.39 is 5.60 Å². The lowest BCUT2D eigenvalue weighted by atomic mass is 10.0. The summed E-state index contributed by atoms with van der Waals surface area (Å²) in [6.07, 6.45) is 6.52. The highest BCUT2D eigenvalue weighted by atomic mass is 16.6. The molecule has 1 atom stereocenters. The molecule has 0 saturated carbocycles. The second-order valence-corrected chi connectivity index (χ2v) is 3.43. The molecular weight excluding hydrogens is 196 g/mol. The van der Waals surface area contributed by atoms with Gasteiger partial charge in [0.15, 0.2) is 0 Å². The number of ether oxygens (including phenoxy) is 2. The Hall–Kier alpha value is -1.58. The van der Waals surface area contributed by atoms with E-state index in [0.717, 1.165) is 0 Å². The van der Waals surface area contributed by atoms with Crippen LogP contribution < -0.4 is 0 Å². The van der Waals surface area contributed by atoms with Crippen molar-refractivity contribution in [3.63, 3.8) is 0 Å². The maximum atomic E-state index is 11.0. The summed E-state index contributed by atoms with van der Waals surface area (Å²) in [7, 11) is 0. The summed E-state index contributed by atoms with van der Waals surface area (Å²) >= 11 is 0. The maximum Gasteiger partial charge on any atom is 0.331 e. The van der Waals surface area contributed by atoms with Gasteiger partial charge in [-0.1, -0.05) is 6.08 Å². The molecule has 0 aliphatic carbocycles. The second-order valence-electron chi connectivity index (χ2n) is 3.43. The molecule has 1 heterocycles. The molecule has 0 aromatic rings. The third kappa shape index (κ3) is 3.58. The number of carbonyl (C=O) groups is 2. The molecule has 4 nitrogen and oxygen atoms in total. The first kappa shape index (κ1) is 11.5. The SMILES string of the molecule is CCOC(=O)/C=C/C[C@@]1(C)C=CC(=O)O1. The first-order valence-electron chi connectivity index (χ1n) is 4.81.